The Hall–Kier alpha value is -1.91. The Morgan fingerprint density at radius 2 is 1.84 bits per heavy atom. The van der Waals surface area contributed by atoms with Crippen LogP contribution in [0, 0.1) is 30.0 Å². The lowest BCUT2D eigenvalue weighted by Crippen LogP contribution is -2.65. The highest BCUT2D eigenvalue weighted by atomic mass is 19.1. The van der Waals surface area contributed by atoms with Gasteiger partial charge in [-0.1, -0.05) is 0 Å². The number of hydrogen-bond donors (Lipinski definition) is 2. The molecule has 1 aromatic rings. The van der Waals surface area contributed by atoms with Crippen molar-refractivity contribution in [2.75, 3.05) is 5.32 Å². The fourth-order valence-electron chi connectivity index (χ4n) is 6.07. The van der Waals surface area contributed by atoms with Crippen molar-refractivity contribution in [2.24, 2.45) is 17.3 Å². The highest BCUT2D eigenvalue weighted by molar-refractivity contribution is 5.96. The summed E-state index contributed by atoms with van der Waals surface area (Å²) < 4.78 is 13.3. The first kappa shape index (κ1) is 16.6. The van der Waals surface area contributed by atoms with E-state index in [-0.39, 0.29) is 23.2 Å². The van der Waals surface area contributed by atoms with E-state index in [2.05, 4.69) is 10.6 Å². The number of amides is 2. The van der Waals surface area contributed by atoms with E-state index in [1.54, 1.807) is 19.9 Å². The number of carbonyl (C=O) groups is 2. The first-order chi connectivity index (χ1) is 11.8. The molecule has 4 nitrogen and oxygen atoms in total. The lowest BCUT2D eigenvalue weighted by atomic mass is 9.46. The van der Waals surface area contributed by atoms with E-state index < -0.39 is 5.41 Å². The van der Waals surface area contributed by atoms with E-state index in [9.17, 15) is 14.0 Å². The highest BCUT2D eigenvalue weighted by Crippen LogP contribution is 2.61. The second-order valence-corrected chi connectivity index (χ2v) is 8.62. The Balaban J connectivity index is 1.60. The molecule has 0 radical (unpaired) electrons. The lowest BCUT2D eigenvalue weighted by molar-refractivity contribution is -0.148. The first-order valence-electron chi connectivity index (χ1n) is 9.16. The van der Waals surface area contributed by atoms with Crippen LogP contribution < -0.4 is 10.6 Å². The summed E-state index contributed by atoms with van der Waals surface area (Å²) in [6, 6.07) is 4.45. The molecule has 0 saturated heterocycles. The van der Waals surface area contributed by atoms with E-state index in [0.29, 0.717) is 17.5 Å². The van der Waals surface area contributed by atoms with Crippen LogP contribution in [0.5, 0.6) is 0 Å². The van der Waals surface area contributed by atoms with Crippen molar-refractivity contribution in [3.05, 3.63) is 29.6 Å². The molecule has 5 heteroatoms. The van der Waals surface area contributed by atoms with E-state index in [1.807, 2.05) is 0 Å². The average molecular weight is 344 g/mol. The molecule has 4 saturated carbocycles. The van der Waals surface area contributed by atoms with Gasteiger partial charge in [-0.25, -0.2) is 4.39 Å². The van der Waals surface area contributed by atoms with Crippen LogP contribution in [-0.4, -0.2) is 17.4 Å². The third-order valence-electron chi connectivity index (χ3n) is 6.42. The number of nitrogens with one attached hydrogen (secondary N) is 2. The van der Waals surface area contributed by atoms with Gasteiger partial charge in [-0.3, -0.25) is 9.59 Å². The van der Waals surface area contributed by atoms with Crippen LogP contribution >= 0.6 is 0 Å². The summed E-state index contributed by atoms with van der Waals surface area (Å²) in [5, 5.41) is 6.23. The molecule has 4 fully saturated rings. The molecule has 2 atom stereocenters. The van der Waals surface area contributed by atoms with E-state index >= 15 is 0 Å². The number of anilines is 1. The molecule has 134 valence electrons. The molecule has 1 aromatic carbocycles. The van der Waals surface area contributed by atoms with Gasteiger partial charge in [0.1, 0.15) is 5.82 Å². The molecule has 4 aliphatic rings. The van der Waals surface area contributed by atoms with Gasteiger partial charge in [-0.05, 0) is 81.0 Å². The van der Waals surface area contributed by atoms with Crippen LogP contribution in [0.1, 0.15) is 51.0 Å². The molecule has 4 aliphatic carbocycles. The maximum absolute atomic E-state index is 13.3. The first-order valence-corrected chi connectivity index (χ1v) is 9.16. The molecule has 0 unspecified atom stereocenters. The van der Waals surface area contributed by atoms with Gasteiger partial charge in [0.05, 0.1) is 5.41 Å². The number of carbonyl (C=O) groups excluding carboxylic acids is 2. The molecule has 0 aromatic heterocycles. The van der Waals surface area contributed by atoms with Crippen molar-refractivity contribution >= 4 is 17.5 Å². The molecule has 5 rings (SSSR count). The number of aryl methyl sites for hydroxylation is 1. The second-order valence-electron chi connectivity index (χ2n) is 8.62. The minimum absolute atomic E-state index is 0.00751. The largest absolute Gasteiger partial charge is 0.351 e. The smallest absolute Gasteiger partial charge is 0.230 e. The van der Waals surface area contributed by atoms with Gasteiger partial charge in [0.25, 0.3) is 0 Å². The molecule has 2 N–H and O–H groups in total. The predicted molar refractivity (Wildman–Crippen MR) is 93.4 cm³/mol. The topological polar surface area (TPSA) is 58.2 Å². The van der Waals surface area contributed by atoms with Crippen molar-refractivity contribution in [1.29, 1.82) is 0 Å². The number of benzene rings is 1. The number of rotatable bonds is 3. The molecule has 0 aliphatic heterocycles. The lowest BCUT2D eigenvalue weighted by Gasteiger charge is -2.61. The van der Waals surface area contributed by atoms with Gasteiger partial charge in [0.2, 0.25) is 11.8 Å². The summed E-state index contributed by atoms with van der Waals surface area (Å²) in [5.74, 6) is 0.745. The van der Waals surface area contributed by atoms with Crippen molar-refractivity contribution in [3.8, 4) is 0 Å². The van der Waals surface area contributed by atoms with Gasteiger partial charge in [0.15, 0.2) is 0 Å². The fraction of sp³-hybridized carbons (Fsp3) is 0.600. The molecule has 2 amide bonds. The van der Waals surface area contributed by atoms with Crippen molar-refractivity contribution < 1.29 is 14.0 Å². The Morgan fingerprint density at radius 1 is 1.16 bits per heavy atom. The summed E-state index contributed by atoms with van der Waals surface area (Å²) in [5.41, 5.74) is 0.781. The number of hydrogen-bond acceptors (Lipinski definition) is 2. The second kappa shape index (κ2) is 5.55. The standard InChI is InChI=1S/C20H25FN2O2/c1-12-5-16(21)3-4-17(12)22-18(25)19-7-14-6-15(8-19)10-20(9-14,11-19)23-13(2)24/h3-5,14-15H,6-11H2,1-2H3,(H,22,25)(H,23,24)/t14-,15-,19?,20?/m0/s1. The van der Waals surface area contributed by atoms with Gasteiger partial charge in [0, 0.05) is 18.2 Å². The van der Waals surface area contributed by atoms with Crippen molar-refractivity contribution in [3.63, 3.8) is 0 Å². The van der Waals surface area contributed by atoms with Crippen molar-refractivity contribution in [1.82, 2.24) is 5.32 Å². The van der Waals surface area contributed by atoms with Crippen LogP contribution in [0.4, 0.5) is 10.1 Å². The Bertz CT molecular complexity index is 731. The number of halogens is 1. The van der Waals surface area contributed by atoms with Gasteiger partial charge in [-0.15, -0.1) is 0 Å². The zero-order chi connectivity index (χ0) is 17.8. The summed E-state index contributed by atoms with van der Waals surface area (Å²) in [6.07, 6.45) is 5.68. The third-order valence-corrected chi connectivity index (χ3v) is 6.42. The van der Waals surface area contributed by atoms with E-state index in [1.165, 1.54) is 18.6 Å². The Labute approximate surface area is 147 Å². The summed E-state index contributed by atoms with van der Waals surface area (Å²) in [7, 11) is 0. The maximum Gasteiger partial charge on any atom is 0.230 e. The van der Waals surface area contributed by atoms with Crippen LogP contribution in [0.15, 0.2) is 18.2 Å². The van der Waals surface area contributed by atoms with Crippen LogP contribution in [0.3, 0.4) is 0 Å². The SMILES string of the molecule is CC(=O)NC12C[C@H]3C[C@H](C1)CC(C(=O)Nc1ccc(F)cc1C)(C3)C2. The summed E-state index contributed by atoms with van der Waals surface area (Å²) >= 11 is 0. The fourth-order valence-corrected chi connectivity index (χ4v) is 6.07. The minimum Gasteiger partial charge on any atom is -0.351 e. The average Bonchev–Trinajstić information content (AvgIpc) is 2.47. The Kier molecular flexibility index (Phi) is 3.67. The summed E-state index contributed by atoms with van der Waals surface area (Å²) in [6.45, 7) is 3.37. The zero-order valence-corrected chi connectivity index (χ0v) is 14.8. The van der Waals surface area contributed by atoms with Crippen LogP contribution in [0.2, 0.25) is 0 Å². The third kappa shape index (κ3) is 2.83. The normalized spacial score (nSPS) is 35.5. The van der Waals surface area contributed by atoms with E-state index in [0.717, 1.165) is 37.7 Å². The molecule has 0 spiro atoms. The van der Waals surface area contributed by atoms with Gasteiger partial charge in [-0.2, -0.15) is 0 Å². The Morgan fingerprint density at radius 3 is 2.44 bits per heavy atom. The highest BCUT2D eigenvalue weighted by Gasteiger charge is 2.60. The quantitative estimate of drug-likeness (QED) is 0.881. The summed E-state index contributed by atoms with van der Waals surface area (Å²) in [4.78, 5) is 24.9. The molecule has 25 heavy (non-hydrogen) atoms. The molecular formula is C20H25FN2O2. The van der Waals surface area contributed by atoms with Crippen LogP contribution in [0.25, 0.3) is 0 Å². The minimum atomic E-state index is -0.409. The van der Waals surface area contributed by atoms with Gasteiger partial charge >= 0.3 is 0 Å². The molecular weight excluding hydrogens is 319 g/mol. The molecule has 0 heterocycles. The van der Waals surface area contributed by atoms with Gasteiger partial charge < -0.3 is 10.6 Å². The molecule has 4 bridgehead atoms. The van der Waals surface area contributed by atoms with Crippen LogP contribution in [-0.2, 0) is 9.59 Å². The predicted octanol–water partition coefficient (Wildman–Crippen LogP) is 3.55. The van der Waals surface area contributed by atoms with E-state index in [4.69, 9.17) is 0 Å². The van der Waals surface area contributed by atoms with Crippen molar-refractivity contribution in [2.45, 2.75) is 57.9 Å². The maximum atomic E-state index is 13.3. The monoisotopic (exact) mass is 344 g/mol. The zero-order valence-electron chi connectivity index (χ0n) is 14.8.